The van der Waals surface area contributed by atoms with Gasteiger partial charge in [0.05, 0.1) is 6.04 Å². The van der Waals surface area contributed by atoms with E-state index < -0.39 is 12.1 Å². The molecule has 1 aliphatic rings. The molecule has 4 nitrogen and oxygen atoms in total. The molecule has 1 atom stereocenters. The number of terminal acetylenes is 1. The smallest absolute Gasteiger partial charge is 0.407 e. The van der Waals surface area contributed by atoms with Crippen molar-refractivity contribution in [2.24, 2.45) is 0 Å². The number of hydrogen-bond acceptors (Lipinski definition) is 3. The van der Waals surface area contributed by atoms with E-state index in [-0.39, 0.29) is 18.9 Å². The van der Waals surface area contributed by atoms with Gasteiger partial charge in [0.25, 0.3) is 0 Å². The summed E-state index contributed by atoms with van der Waals surface area (Å²) >= 11 is 0. The molecule has 0 heterocycles. The Bertz CT molecular complexity index is 761. The number of hydrogen-bond donors (Lipinski definition) is 1. The largest absolute Gasteiger partial charge is 0.449 e. The minimum Gasteiger partial charge on any atom is -0.449 e. The lowest BCUT2D eigenvalue weighted by Gasteiger charge is -2.15. The highest BCUT2D eigenvalue weighted by atomic mass is 16.5. The number of fused-ring (bicyclic) bond motifs is 3. The van der Waals surface area contributed by atoms with E-state index in [1.807, 2.05) is 36.4 Å². The minimum absolute atomic E-state index is 0.00883. The fourth-order valence-electron chi connectivity index (χ4n) is 3.05. The van der Waals surface area contributed by atoms with Gasteiger partial charge in [-0.3, -0.25) is 0 Å². The summed E-state index contributed by atoms with van der Waals surface area (Å²) in [5.41, 5.74) is 4.62. The lowest BCUT2D eigenvalue weighted by atomic mass is 9.98. The van der Waals surface area contributed by atoms with Crippen molar-refractivity contribution in [2.45, 2.75) is 18.4 Å². The normalized spacial score (nSPS) is 13.3. The van der Waals surface area contributed by atoms with Crippen LogP contribution in [0.3, 0.4) is 0 Å². The fourth-order valence-corrected chi connectivity index (χ4v) is 3.05. The predicted octanol–water partition coefficient (Wildman–Crippen LogP) is 3.12. The van der Waals surface area contributed by atoms with Crippen molar-refractivity contribution in [3.8, 4) is 23.5 Å². The maximum Gasteiger partial charge on any atom is 0.407 e. The summed E-state index contributed by atoms with van der Waals surface area (Å²) < 4.78 is 5.34. The van der Waals surface area contributed by atoms with Crippen LogP contribution >= 0.6 is 0 Å². The summed E-state index contributed by atoms with van der Waals surface area (Å²) in [6.07, 6.45) is 5.28. The van der Waals surface area contributed by atoms with Crippen LogP contribution in [0.4, 0.5) is 4.79 Å². The first-order chi connectivity index (χ1) is 11.7. The number of benzene rings is 2. The topological polar surface area (TPSA) is 55.4 Å². The van der Waals surface area contributed by atoms with Crippen LogP contribution in [-0.4, -0.2) is 25.0 Å². The maximum atomic E-state index is 11.9. The lowest BCUT2D eigenvalue weighted by molar-refractivity contribution is -0.109. The summed E-state index contributed by atoms with van der Waals surface area (Å²) in [5.74, 6) is 2.34. The molecule has 1 amide bonds. The van der Waals surface area contributed by atoms with Gasteiger partial charge in [0.1, 0.15) is 12.9 Å². The summed E-state index contributed by atoms with van der Waals surface area (Å²) in [5, 5.41) is 2.47. The number of carbonyl (C=O) groups is 2. The van der Waals surface area contributed by atoms with Crippen LogP contribution in [0, 0.1) is 12.3 Å². The number of alkyl carbamates (subject to hydrolysis) is 1. The van der Waals surface area contributed by atoms with Crippen molar-refractivity contribution in [1.29, 1.82) is 0 Å². The van der Waals surface area contributed by atoms with Crippen molar-refractivity contribution in [2.75, 3.05) is 6.61 Å². The molecule has 0 radical (unpaired) electrons. The zero-order chi connectivity index (χ0) is 16.9. The van der Waals surface area contributed by atoms with Crippen LogP contribution in [0.1, 0.15) is 23.5 Å². The summed E-state index contributed by atoms with van der Waals surface area (Å²) in [7, 11) is 0. The van der Waals surface area contributed by atoms with Gasteiger partial charge >= 0.3 is 6.09 Å². The molecule has 0 bridgehead atoms. The van der Waals surface area contributed by atoms with Crippen molar-refractivity contribution >= 4 is 12.4 Å². The van der Waals surface area contributed by atoms with Gasteiger partial charge < -0.3 is 14.8 Å². The van der Waals surface area contributed by atoms with E-state index in [2.05, 4.69) is 23.4 Å². The van der Waals surface area contributed by atoms with Gasteiger partial charge in [-0.15, -0.1) is 12.3 Å². The number of aldehydes is 1. The lowest BCUT2D eigenvalue weighted by Crippen LogP contribution is -2.36. The van der Waals surface area contributed by atoms with Crippen molar-refractivity contribution in [3.63, 3.8) is 0 Å². The molecule has 0 saturated heterocycles. The minimum atomic E-state index is -0.717. The highest BCUT2D eigenvalue weighted by molar-refractivity contribution is 5.79. The number of carbonyl (C=O) groups excluding carboxylic acids is 2. The van der Waals surface area contributed by atoms with Crippen molar-refractivity contribution in [1.82, 2.24) is 5.32 Å². The zero-order valence-corrected chi connectivity index (χ0v) is 13.1. The molecule has 0 aromatic heterocycles. The molecular formula is C20H17NO3. The van der Waals surface area contributed by atoms with E-state index in [0.29, 0.717) is 6.29 Å². The van der Waals surface area contributed by atoms with E-state index in [4.69, 9.17) is 11.2 Å². The standard InChI is InChI=1S/C20H17NO3/c1-2-7-14(12-22)21-20(23)24-13-19-17-10-5-3-8-15(17)16-9-4-6-11-18(16)19/h1,3-6,8-12,14,19H,7,13H2,(H,21,23)/t14-/m0/s1. The molecule has 0 unspecified atom stereocenters. The van der Waals surface area contributed by atoms with E-state index >= 15 is 0 Å². The quantitative estimate of drug-likeness (QED) is 0.680. The fraction of sp³-hybridized carbons (Fsp3) is 0.200. The van der Waals surface area contributed by atoms with E-state index in [1.165, 1.54) is 11.1 Å². The molecule has 1 N–H and O–H groups in total. The molecule has 0 spiro atoms. The van der Waals surface area contributed by atoms with Crippen LogP contribution < -0.4 is 5.32 Å². The highest BCUT2D eigenvalue weighted by Crippen LogP contribution is 2.44. The summed E-state index contributed by atoms with van der Waals surface area (Å²) in [6, 6.07) is 15.5. The molecule has 0 saturated carbocycles. The first-order valence-corrected chi connectivity index (χ1v) is 7.75. The molecule has 2 aromatic rings. The summed E-state index contributed by atoms with van der Waals surface area (Å²) in [4.78, 5) is 22.8. The Morgan fingerprint density at radius 2 is 1.75 bits per heavy atom. The number of nitrogens with one attached hydrogen (secondary N) is 1. The SMILES string of the molecule is C#CC[C@@H](C=O)NC(=O)OCC1c2ccccc2-c2ccccc21. The van der Waals surface area contributed by atoms with Gasteiger partial charge in [0.15, 0.2) is 0 Å². The Morgan fingerprint density at radius 3 is 2.29 bits per heavy atom. The van der Waals surface area contributed by atoms with E-state index in [1.54, 1.807) is 0 Å². The van der Waals surface area contributed by atoms with Gasteiger partial charge in [0, 0.05) is 12.3 Å². The maximum absolute atomic E-state index is 11.9. The Balaban J connectivity index is 1.73. The molecule has 0 fully saturated rings. The molecule has 3 rings (SSSR count). The van der Waals surface area contributed by atoms with Crippen molar-refractivity contribution in [3.05, 3.63) is 59.7 Å². The van der Waals surface area contributed by atoms with Gasteiger partial charge in [-0.1, -0.05) is 48.5 Å². The zero-order valence-electron chi connectivity index (χ0n) is 13.1. The first kappa shape index (κ1) is 15.8. The van der Waals surface area contributed by atoms with Gasteiger partial charge in [-0.2, -0.15) is 0 Å². The number of amides is 1. The molecule has 24 heavy (non-hydrogen) atoms. The number of ether oxygens (including phenoxy) is 1. The average Bonchev–Trinajstić information content (AvgIpc) is 2.93. The number of rotatable bonds is 5. The third-order valence-electron chi connectivity index (χ3n) is 4.15. The monoisotopic (exact) mass is 319 g/mol. The first-order valence-electron chi connectivity index (χ1n) is 7.75. The van der Waals surface area contributed by atoms with Crippen LogP contribution in [-0.2, 0) is 9.53 Å². The Hall–Kier alpha value is -3.06. The second kappa shape index (κ2) is 7.01. The van der Waals surface area contributed by atoms with Gasteiger partial charge in [-0.05, 0) is 22.3 Å². The Kier molecular flexibility index (Phi) is 4.62. The second-order valence-electron chi connectivity index (χ2n) is 5.62. The van der Waals surface area contributed by atoms with Crippen molar-refractivity contribution < 1.29 is 14.3 Å². The van der Waals surface area contributed by atoms with Crippen LogP contribution in [0.15, 0.2) is 48.5 Å². The van der Waals surface area contributed by atoms with Crippen LogP contribution in [0.25, 0.3) is 11.1 Å². The van der Waals surface area contributed by atoms with Gasteiger partial charge in [0.2, 0.25) is 0 Å². The molecule has 1 aliphatic carbocycles. The third kappa shape index (κ3) is 3.02. The Labute approximate surface area is 140 Å². The van der Waals surface area contributed by atoms with Crippen LogP contribution in [0.5, 0.6) is 0 Å². The molecule has 0 aliphatic heterocycles. The predicted molar refractivity (Wildman–Crippen MR) is 91.5 cm³/mol. The summed E-state index contributed by atoms with van der Waals surface area (Å²) in [6.45, 7) is 0.210. The molecular weight excluding hydrogens is 302 g/mol. The molecule has 120 valence electrons. The van der Waals surface area contributed by atoms with E-state index in [0.717, 1.165) is 11.1 Å². The highest BCUT2D eigenvalue weighted by Gasteiger charge is 2.29. The Morgan fingerprint density at radius 1 is 1.17 bits per heavy atom. The van der Waals surface area contributed by atoms with Crippen LogP contribution in [0.2, 0.25) is 0 Å². The van der Waals surface area contributed by atoms with Gasteiger partial charge in [-0.25, -0.2) is 4.79 Å². The molecule has 2 aromatic carbocycles. The van der Waals surface area contributed by atoms with E-state index in [9.17, 15) is 9.59 Å². The second-order valence-corrected chi connectivity index (χ2v) is 5.62. The molecule has 4 heteroatoms. The average molecular weight is 319 g/mol. The third-order valence-corrected chi connectivity index (χ3v) is 4.15.